The molecule has 0 saturated carbocycles. The fourth-order valence-corrected chi connectivity index (χ4v) is 4.40. The average Bonchev–Trinajstić information content (AvgIpc) is 3.36. The maximum Gasteiger partial charge on any atom is 0.255 e. The van der Waals surface area contributed by atoms with Crippen molar-refractivity contribution >= 4 is 29.3 Å². The Bertz CT molecular complexity index is 1050. The van der Waals surface area contributed by atoms with E-state index < -0.39 is 0 Å². The van der Waals surface area contributed by atoms with Gasteiger partial charge in [0, 0.05) is 29.4 Å². The molecule has 3 aromatic rings. The lowest BCUT2D eigenvalue weighted by Gasteiger charge is -2.14. The standard InChI is InChI=1S/C26H26N2O3S/c29-25(20-14-12-19(13-15-20)18-32-22-8-2-1-3-9-22)28-24-11-5-4-10-23(24)26(30)27-17-21-7-6-16-31-21/h1-5,8-15,21H,6-7,16-18H2,(H,27,30)(H,28,29)/t21-/m1/s1. The van der Waals surface area contributed by atoms with Gasteiger partial charge in [0.05, 0.1) is 17.4 Å². The molecule has 2 N–H and O–H groups in total. The quantitative estimate of drug-likeness (QED) is 0.470. The number of hydrogen-bond acceptors (Lipinski definition) is 4. The monoisotopic (exact) mass is 446 g/mol. The van der Waals surface area contributed by atoms with E-state index in [0.717, 1.165) is 30.8 Å². The summed E-state index contributed by atoms with van der Waals surface area (Å²) in [4.78, 5) is 26.6. The summed E-state index contributed by atoms with van der Waals surface area (Å²) in [5.41, 5.74) is 2.62. The second kappa shape index (κ2) is 11.0. The number of hydrogen-bond donors (Lipinski definition) is 2. The van der Waals surface area contributed by atoms with Crippen LogP contribution in [0.5, 0.6) is 0 Å². The van der Waals surface area contributed by atoms with Crippen LogP contribution in [0.4, 0.5) is 5.69 Å². The van der Waals surface area contributed by atoms with Gasteiger partial charge in [-0.1, -0.05) is 42.5 Å². The Hall–Kier alpha value is -3.09. The van der Waals surface area contributed by atoms with Gasteiger partial charge in [-0.25, -0.2) is 0 Å². The molecule has 2 amide bonds. The highest BCUT2D eigenvalue weighted by Gasteiger charge is 2.18. The van der Waals surface area contributed by atoms with Gasteiger partial charge in [0.1, 0.15) is 0 Å². The largest absolute Gasteiger partial charge is 0.376 e. The first kappa shape index (κ1) is 22.1. The number of nitrogens with one attached hydrogen (secondary N) is 2. The molecule has 1 aliphatic rings. The van der Waals surface area contributed by atoms with E-state index in [2.05, 4.69) is 22.8 Å². The molecule has 0 spiro atoms. The Balaban J connectivity index is 1.35. The smallest absolute Gasteiger partial charge is 0.255 e. The van der Waals surface area contributed by atoms with Crippen LogP contribution in [0.15, 0.2) is 83.8 Å². The third-order valence-corrected chi connectivity index (χ3v) is 6.38. The van der Waals surface area contributed by atoms with Crippen LogP contribution in [0.2, 0.25) is 0 Å². The Morgan fingerprint density at radius 3 is 2.41 bits per heavy atom. The minimum Gasteiger partial charge on any atom is -0.376 e. The minimum absolute atomic E-state index is 0.0688. The van der Waals surface area contributed by atoms with E-state index in [4.69, 9.17) is 4.74 Å². The van der Waals surface area contributed by atoms with Crippen molar-refractivity contribution in [2.24, 2.45) is 0 Å². The first-order valence-corrected chi connectivity index (χ1v) is 11.7. The molecule has 1 atom stereocenters. The Morgan fingerprint density at radius 2 is 1.66 bits per heavy atom. The number of para-hydroxylation sites is 1. The van der Waals surface area contributed by atoms with Crippen LogP contribution in [0.3, 0.4) is 0 Å². The zero-order valence-electron chi connectivity index (χ0n) is 17.8. The van der Waals surface area contributed by atoms with Gasteiger partial charge in [-0.15, -0.1) is 11.8 Å². The molecule has 4 rings (SSSR count). The van der Waals surface area contributed by atoms with Crippen LogP contribution >= 0.6 is 11.8 Å². The second-order valence-electron chi connectivity index (χ2n) is 7.64. The fraction of sp³-hybridized carbons (Fsp3) is 0.231. The predicted octanol–water partition coefficient (Wildman–Crippen LogP) is 5.14. The molecule has 1 aliphatic heterocycles. The summed E-state index contributed by atoms with van der Waals surface area (Å²) < 4.78 is 5.56. The molecule has 1 saturated heterocycles. The first-order chi connectivity index (χ1) is 15.7. The number of rotatable bonds is 8. The lowest BCUT2D eigenvalue weighted by Crippen LogP contribution is -2.32. The van der Waals surface area contributed by atoms with Gasteiger partial charge in [0.25, 0.3) is 11.8 Å². The van der Waals surface area contributed by atoms with E-state index in [-0.39, 0.29) is 17.9 Å². The van der Waals surface area contributed by atoms with Gasteiger partial charge in [-0.2, -0.15) is 0 Å². The topological polar surface area (TPSA) is 67.4 Å². The van der Waals surface area contributed by atoms with Crippen LogP contribution in [0, 0.1) is 0 Å². The molecule has 0 radical (unpaired) electrons. The van der Waals surface area contributed by atoms with Gasteiger partial charge in [-0.05, 0) is 54.8 Å². The van der Waals surface area contributed by atoms with Crippen molar-refractivity contribution in [3.8, 4) is 0 Å². The van der Waals surface area contributed by atoms with Crippen LogP contribution in [0.1, 0.15) is 39.1 Å². The molecule has 0 bridgehead atoms. The number of benzene rings is 3. The summed E-state index contributed by atoms with van der Waals surface area (Å²) in [6, 6.07) is 24.8. The summed E-state index contributed by atoms with van der Waals surface area (Å²) in [5.74, 6) is 0.371. The van der Waals surface area contributed by atoms with Crippen LogP contribution < -0.4 is 10.6 Å². The van der Waals surface area contributed by atoms with Crippen molar-refractivity contribution in [2.75, 3.05) is 18.5 Å². The molecule has 32 heavy (non-hydrogen) atoms. The van der Waals surface area contributed by atoms with Crippen LogP contribution in [-0.4, -0.2) is 31.1 Å². The predicted molar refractivity (Wildman–Crippen MR) is 128 cm³/mol. The number of carbonyl (C=O) groups excluding carboxylic acids is 2. The highest BCUT2D eigenvalue weighted by atomic mass is 32.2. The van der Waals surface area contributed by atoms with E-state index in [9.17, 15) is 9.59 Å². The lowest BCUT2D eigenvalue weighted by atomic mass is 10.1. The molecule has 1 heterocycles. The van der Waals surface area contributed by atoms with Crippen molar-refractivity contribution in [3.63, 3.8) is 0 Å². The summed E-state index contributed by atoms with van der Waals surface area (Å²) in [6.45, 7) is 1.22. The van der Waals surface area contributed by atoms with E-state index in [1.54, 1.807) is 36.0 Å². The van der Waals surface area contributed by atoms with Crippen molar-refractivity contribution in [1.82, 2.24) is 5.32 Å². The van der Waals surface area contributed by atoms with Gasteiger partial charge >= 0.3 is 0 Å². The Morgan fingerprint density at radius 1 is 0.906 bits per heavy atom. The summed E-state index contributed by atoms with van der Waals surface area (Å²) in [5, 5.41) is 5.79. The van der Waals surface area contributed by atoms with Gasteiger partial charge in [-0.3, -0.25) is 9.59 Å². The van der Waals surface area contributed by atoms with E-state index in [1.165, 1.54) is 4.90 Å². The van der Waals surface area contributed by atoms with Gasteiger partial charge < -0.3 is 15.4 Å². The second-order valence-corrected chi connectivity index (χ2v) is 8.69. The van der Waals surface area contributed by atoms with Crippen molar-refractivity contribution in [3.05, 3.63) is 95.6 Å². The van der Waals surface area contributed by atoms with Crippen molar-refractivity contribution < 1.29 is 14.3 Å². The zero-order chi connectivity index (χ0) is 22.2. The highest BCUT2D eigenvalue weighted by Crippen LogP contribution is 2.23. The molecule has 6 heteroatoms. The number of carbonyl (C=O) groups is 2. The lowest BCUT2D eigenvalue weighted by molar-refractivity contribution is 0.0858. The van der Waals surface area contributed by atoms with Crippen molar-refractivity contribution in [1.29, 1.82) is 0 Å². The third kappa shape index (κ3) is 5.99. The van der Waals surface area contributed by atoms with Crippen LogP contribution in [0.25, 0.3) is 0 Å². The molecule has 0 unspecified atom stereocenters. The SMILES string of the molecule is O=C(Nc1ccccc1C(=O)NC[C@H]1CCCO1)c1ccc(CSc2ccccc2)cc1. The molecule has 164 valence electrons. The zero-order valence-corrected chi connectivity index (χ0v) is 18.6. The Labute approximate surface area is 192 Å². The average molecular weight is 447 g/mol. The van der Waals surface area contributed by atoms with Crippen LogP contribution in [-0.2, 0) is 10.5 Å². The maximum absolute atomic E-state index is 12.8. The molecule has 0 aromatic heterocycles. The number of ether oxygens (including phenoxy) is 1. The Kier molecular flexibility index (Phi) is 7.59. The molecule has 0 aliphatic carbocycles. The summed E-state index contributed by atoms with van der Waals surface area (Å²) in [7, 11) is 0. The van der Waals surface area contributed by atoms with E-state index >= 15 is 0 Å². The van der Waals surface area contributed by atoms with Gasteiger partial charge in [0.2, 0.25) is 0 Å². The van der Waals surface area contributed by atoms with E-state index in [1.807, 2.05) is 42.5 Å². The highest BCUT2D eigenvalue weighted by molar-refractivity contribution is 7.98. The summed E-state index contributed by atoms with van der Waals surface area (Å²) in [6.07, 6.45) is 2.05. The molecule has 3 aromatic carbocycles. The molecular weight excluding hydrogens is 420 g/mol. The minimum atomic E-state index is -0.244. The third-order valence-electron chi connectivity index (χ3n) is 5.30. The van der Waals surface area contributed by atoms with E-state index in [0.29, 0.717) is 23.4 Å². The number of anilines is 1. The summed E-state index contributed by atoms with van der Waals surface area (Å²) >= 11 is 1.76. The first-order valence-electron chi connectivity index (χ1n) is 10.8. The molecular formula is C26H26N2O3S. The number of thioether (sulfide) groups is 1. The van der Waals surface area contributed by atoms with Gasteiger partial charge in [0.15, 0.2) is 0 Å². The van der Waals surface area contributed by atoms with Crippen molar-refractivity contribution in [2.45, 2.75) is 29.6 Å². The number of amides is 2. The molecule has 5 nitrogen and oxygen atoms in total. The maximum atomic E-state index is 12.8. The fourth-order valence-electron chi connectivity index (χ4n) is 3.53. The normalized spacial score (nSPS) is 15.3. The molecule has 1 fully saturated rings.